The fourth-order valence-electron chi connectivity index (χ4n) is 2.38. The highest BCUT2D eigenvalue weighted by molar-refractivity contribution is 5.89. The van der Waals surface area contributed by atoms with Crippen LogP contribution in [0.3, 0.4) is 0 Å². The predicted octanol–water partition coefficient (Wildman–Crippen LogP) is -1.21. The quantitative estimate of drug-likeness (QED) is 0.512. The molecule has 1 aliphatic heterocycles. The Morgan fingerprint density at radius 2 is 1.91 bits per heavy atom. The Balaban J connectivity index is 2.21. The zero-order valence-corrected chi connectivity index (χ0v) is 12.5. The second-order valence-electron chi connectivity index (χ2n) is 5.20. The van der Waals surface area contributed by atoms with E-state index in [0.29, 0.717) is 0 Å². The average Bonchev–Trinajstić information content (AvgIpc) is 2.54. The summed E-state index contributed by atoms with van der Waals surface area (Å²) in [5.74, 6) is -1.22. The number of hydrogen-bond donors (Lipinski definition) is 4. The third-order valence-electron chi connectivity index (χ3n) is 3.50. The third-order valence-corrected chi connectivity index (χ3v) is 3.50. The van der Waals surface area contributed by atoms with E-state index < -0.39 is 49.1 Å². The van der Waals surface area contributed by atoms with Gasteiger partial charge in [-0.25, -0.2) is 4.79 Å². The molecule has 1 saturated heterocycles. The van der Waals surface area contributed by atoms with Crippen LogP contribution in [0.5, 0.6) is 0 Å². The maximum atomic E-state index is 12.2. The summed E-state index contributed by atoms with van der Waals surface area (Å²) in [7, 11) is 0. The molecule has 1 aliphatic rings. The average molecular weight is 325 g/mol. The lowest BCUT2D eigenvalue weighted by molar-refractivity contribution is -0.253. The topological polar surface area (TPSA) is 125 Å². The first kappa shape index (κ1) is 17.4. The second-order valence-corrected chi connectivity index (χ2v) is 5.20. The fraction of sp³-hybridized carbons (Fsp3) is 0.467. The summed E-state index contributed by atoms with van der Waals surface area (Å²) in [5.41, 5.74) is 0.253. The number of rotatable bonds is 4. The van der Waals surface area contributed by atoms with Crippen LogP contribution in [-0.4, -0.2) is 64.4 Å². The molecule has 126 valence electrons. The number of carbonyl (C=O) groups excluding carboxylic acids is 2. The van der Waals surface area contributed by atoms with Gasteiger partial charge >= 0.3 is 5.97 Å². The molecule has 0 aromatic heterocycles. The van der Waals surface area contributed by atoms with E-state index in [2.05, 4.69) is 5.32 Å². The van der Waals surface area contributed by atoms with Crippen molar-refractivity contribution in [3.8, 4) is 0 Å². The van der Waals surface area contributed by atoms with Gasteiger partial charge in [-0.15, -0.1) is 0 Å². The molecule has 4 N–H and O–H groups in total. The van der Waals surface area contributed by atoms with E-state index in [0.717, 1.165) is 0 Å². The summed E-state index contributed by atoms with van der Waals surface area (Å²) >= 11 is 0. The number of aliphatic hydroxyl groups excluding tert-OH is 3. The van der Waals surface area contributed by atoms with Crippen molar-refractivity contribution < 1.29 is 34.4 Å². The molecule has 8 heteroatoms. The number of esters is 1. The highest BCUT2D eigenvalue weighted by Crippen LogP contribution is 2.23. The van der Waals surface area contributed by atoms with Crippen LogP contribution < -0.4 is 5.32 Å². The van der Waals surface area contributed by atoms with Crippen LogP contribution in [0, 0.1) is 0 Å². The van der Waals surface area contributed by atoms with Crippen LogP contribution in [0.1, 0.15) is 17.3 Å². The first-order chi connectivity index (χ1) is 10.9. The molecule has 2 rings (SSSR count). The number of benzene rings is 1. The van der Waals surface area contributed by atoms with E-state index >= 15 is 0 Å². The van der Waals surface area contributed by atoms with Crippen molar-refractivity contribution in [1.29, 1.82) is 0 Å². The molecule has 0 spiro atoms. The molecule has 0 unspecified atom stereocenters. The lowest BCUT2D eigenvalue weighted by atomic mass is 9.96. The highest BCUT2D eigenvalue weighted by Gasteiger charge is 2.47. The molecule has 1 amide bonds. The van der Waals surface area contributed by atoms with Crippen LogP contribution in [-0.2, 0) is 14.3 Å². The Bertz CT molecular complexity index is 550. The summed E-state index contributed by atoms with van der Waals surface area (Å²) in [6.45, 7) is 0.637. The number of hydrogen-bond acceptors (Lipinski definition) is 7. The Morgan fingerprint density at radius 1 is 1.26 bits per heavy atom. The molecule has 1 fully saturated rings. The summed E-state index contributed by atoms with van der Waals surface area (Å²) < 4.78 is 10.3. The standard InChI is InChI=1S/C15H19NO7/c1-8(18)16-11-13(12(19)10(7-17)22-15(11)21)23-14(20)9-5-3-2-4-6-9/h2-6,10-13,15,17,19,21H,7H2,1H3,(H,16,18)/t10-,11+,12-,13+,15-/m1/s1. The molecule has 23 heavy (non-hydrogen) atoms. The van der Waals surface area contributed by atoms with E-state index in [1.165, 1.54) is 19.1 Å². The fourth-order valence-corrected chi connectivity index (χ4v) is 2.38. The molecular formula is C15H19NO7. The molecule has 5 atom stereocenters. The smallest absolute Gasteiger partial charge is 0.338 e. The van der Waals surface area contributed by atoms with Gasteiger partial charge in [0, 0.05) is 6.92 Å². The monoisotopic (exact) mass is 325 g/mol. The maximum absolute atomic E-state index is 12.2. The van der Waals surface area contributed by atoms with Crippen LogP contribution >= 0.6 is 0 Å². The van der Waals surface area contributed by atoms with Crippen molar-refractivity contribution in [2.24, 2.45) is 0 Å². The molecule has 1 heterocycles. The van der Waals surface area contributed by atoms with Crippen molar-refractivity contribution >= 4 is 11.9 Å². The lowest BCUT2D eigenvalue weighted by Crippen LogP contribution is -2.65. The van der Waals surface area contributed by atoms with Crippen molar-refractivity contribution in [2.75, 3.05) is 6.61 Å². The van der Waals surface area contributed by atoms with Gasteiger partial charge in [-0.05, 0) is 12.1 Å². The zero-order valence-electron chi connectivity index (χ0n) is 12.5. The molecule has 1 aromatic rings. The zero-order chi connectivity index (χ0) is 17.0. The van der Waals surface area contributed by atoms with Crippen LogP contribution in [0.15, 0.2) is 30.3 Å². The van der Waals surface area contributed by atoms with Crippen LogP contribution in [0.2, 0.25) is 0 Å². The highest BCUT2D eigenvalue weighted by atomic mass is 16.6. The molecule has 8 nitrogen and oxygen atoms in total. The minimum Gasteiger partial charge on any atom is -0.453 e. The SMILES string of the molecule is CC(=O)N[C@H]1[C@H](OC(=O)c2ccccc2)[C@H](O)[C@@H](CO)O[C@H]1O. The van der Waals surface area contributed by atoms with Gasteiger partial charge in [0.1, 0.15) is 18.2 Å². The van der Waals surface area contributed by atoms with E-state index in [1.807, 2.05) is 0 Å². The van der Waals surface area contributed by atoms with Gasteiger partial charge in [-0.1, -0.05) is 18.2 Å². The van der Waals surface area contributed by atoms with Crippen molar-refractivity contribution in [2.45, 2.75) is 37.6 Å². The lowest BCUT2D eigenvalue weighted by Gasteiger charge is -2.41. The molecule has 0 radical (unpaired) electrons. The van der Waals surface area contributed by atoms with E-state index in [9.17, 15) is 24.9 Å². The molecular weight excluding hydrogens is 306 g/mol. The second kappa shape index (κ2) is 7.51. The largest absolute Gasteiger partial charge is 0.453 e. The number of nitrogens with one attached hydrogen (secondary N) is 1. The van der Waals surface area contributed by atoms with E-state index in [4.69, 9.17) is 9.47 Å². The third kappa shape index (κ3) is 4.05. The van der Waals surface area contributed by atoms with Crippen molar-refractivity contribution in [3.05, 3.63) is 35.9 Å². The predicted molar refractivity (Wildman–Crippen MR) is 77.2 cm³/mol. The molecule has 0 saturated carbocycles. The van der Waals surface area contributed by atoms with Gasteiger partial charge in [0.15, 0.2) is 12.4 Å². The molecule has 0 aliphatic carbocycles. The van der Waals surface area contributed by atoms with Gasteiger partial charge in [-0.3, -0.25) is 4.79 Å². The maximum Gasteiger partial charge on any atom is 0.338 e. The number of aliphatic hydroxyl groups is 3. The number of amides is 1. The van der Waals surface area contributed by atoms with Gasteiger partial charge in [-0.2, -0.15) is 0 Å². The summed E-state index contributed by atoms with van der Waals surface area (Å²) in [5, 5.41) is 31.7. The first-order valence-corrected chi connectivity index (χ1v) is 7.09. The number of ether oxygens (including phenoxy) is 2. The first-order valence-electron chi connectivity index (χ1n) is 7.09. The summed E-state index contributed by atoms with van der Waals surface area (Å²) in [4.78, 5) is 23.4. The summed E-state index contributed by atoms with van der Waals surface area (Å²) in [6, 6.07) is 6.92. The summed E-state index contributed by atoms with van der Waals surface area (Å²) in [6.07, 6.45) is -5.35. The Hall–Kier alpha value is -2.00. The Labute approximate surface area is 132 Å². The van der Waals surface area contributed by atoms with E-state index in [1.54, 1.807) is 18.2 Å². The van der Waals surface area contributed by atoms with Gasteiger partial charge in [0.05, 0.1) is 12.2 Å². The molecule has 0 bridgehead atoms. The Morgan fingerprint density at radius 3 is 2.48 bits per heavy atom. The van der Waals surface area contributed by atoms with Crippen LogP contribution in [0.4, 0.5) is 0 Å². The molecule has 1 aromatic carbocycles. The minimum atomic E-state index is -1.53. The van der Waals surface area contributed by atoms with Gasteiger partial charge in [0.25, 0.3) is 0 Å². The van der Waals surface area contributed by atoms with Crippen molar-refractivity contribution in [1.82, 2.24) is 5.32 Å². The van der Waals surface area contributed by atoms with Gasteiger partial charge in [0.2, 0.25) is 5.91 Å². The normalized spacial score (nSPS) is 30.5. The Kier molecular flexibility index (Phi) is 5.67. The van der Waals surface area contributed by atoms with Crippen molar-refractivity contribution in [3.63, 3.8) is 0 Å². The van der Waals surface area contributed by atoms with Crippen LogP contribution in [0.25, 0.3) is 0 Å². The minimum absolute atomic E-state index is 0.253. The van der Waals surface area contributed by atoms with Gasteiger partial charge < -0.3 is 30.1 Å². The number of carbonyl (C=O) groups is 2. The van der Waals surface area contributed by atoms with E-state index in [-0.39, 0.29) is 5.56 Å².